The fourth-order valence-corrected chi connectivity index (χ4v) is 3.72. The number of fused-ring (bicyclic) bond motifs is 1. The van der Waals surface area contributed by atoms with Crippen molar-refractivity contribution in [2.24, 2.45) is 14.1 Å². The lowest BCUT2D eigenvalue weighted by atomic mass is 10.1. The number of hydrogen-bond donors (Lipinski definition) is 1. The largest absolute Gasteiger partial charge is 0.349 e. The predicted molar refractivity (Wildman–Crippen MR) is 119 cm³/mol. The fourth-order valence-electron chi connectivity index (χ4n) is 3.53. The molecule has 0 saturated heterocycles. The van der Waals surface area contributed by atoms with E-state index in [9.17, 15) is 9.59 Å². The van der Waals surface area contributed by atoms with Crippen molar-refractivity contribution >= 4 is 28.7 Å². The van der Waals surface area contributed by atoms with Crippen LogP contribution in [0, 0.1) is 0 Å². The predicted octanol–water partition coefficient (Wildman–Crippen LogP) is 3.31. The molecule has 1 atom stereocenters. The monoisotopic (exact) mass is 423 g/mol. The molecule has 0 aliphatic carbocycles. The SMILES string of the molecule is C[C@H](Nc1nc2c(c(=O)n(C)c(=O)n2C)n1Cc1ccccc1Cl)c1ccccc1. The zero-order chi connectivity index (χ0) is 21.4. The summed E-state index contributed by atoms with van der Waals surface area (Å²) in [5.74, 6) is 0.500. The smallest absolute Gasteiger partial charge is 0.332 e. The Labute approximate surface area is 178 Å². The lowest BCUT2D eigenvalue weighted by Gasteiger charge is -2.17. The summed E-state index contributed by atoms with van der Waals surface area (Å²) in [5, 5.41) is 3.99. The summed E-state index contributed by atoms with van der Waals surface area (Å²) in [5.41, 5.74) is 1.80. The van der Waals surface area contributed by atoms with Crippen molar-refractivity contribution in [3.8, 4) is 0 Å². The van der Waals surface area contributed by atoms with Gasteiger partial charge >= 0.3 is 5.69 Å². The van der Waals surface area contributed by atoms with Gasteiger partial charge in [0.25, 0.3) is 5.56 Å². The highest BCUT2D eigenvalue weighted by molar-refractivity contribution is 6.31. The third kappa shape index (κ3) is 3.41. The molecule has 0 fully saturated rings. The number of benzene rings is 2. The van der Waals surface area contributed by atoms with Gasteiger partial charge in [0.2, 0.25) is 5.95 Å². The molecule has 0 aliphatic rings. The summed E-state index contributed by atoms with van der Waals surface area (Å²) >= 11 is 6.38. The van der Waals surface area contributed by atoms with Crippen LogP contribution in [-0.4, -0.2) is 18.7 Å². The zero-order valence-corrected chi connectivity index (χ0v) is 17.7. The first-order chi connectivity index (χ1) is 14.4. The van der Waals surface area contributed by atoms with Gasteiger partial charge in [-0.05, 0) is 24.1 Å². The average molecular weight is 424 g/mol. The van der Waals surface area contributed by atoms with E-state index in [1.54, 1.807) is 11.6 Å². The number of nitrogens with zero attached hydrogens (tertiary/aromatic N) is 4. The molecular weight excluding hydrogens is 402 g/mol. The summed E-state index contributed by atoms with van der Waals surface area (Å²) < 4.78 is 4.27. The highest BCUT2D eigenvalue weighted by Gasteiger charge is 2.21. The number of hydrogen-bond acceptors (Lipinski definition) is 4. The molecule has 0 aliphatic heterocycles. The minimum absolute atomic E-state index is 0.0612. The molecule has 2 aromatic heterocycles. The zero-order valence-electron chi connectivity index (χ0n) is 17.0. The van der Waals surface area contributed by atoms with Crippen LogP contribution in [0.3, 0.4) is 0 Å². The van der Waals surface area contributed by atoms with E-state index < -0.39 is 11.2 Å². The molecule has 30 heavy (non-hydrogen) atoms. The van der Waals surface area contributed by atoms with Gasteiger partial charge in [0.1, 0.15) is 0 Å². The Morgan fingerprint density at radius 3 is 2.37 bits per heavy atom. The molecule has 0 spiro atoms. The Kier molecular flexibility index (Phi) is 5.22. The first-order valence-electron chi connectivity index (χ1n) is 9.59. The van der Waals surface area contributed by atoms with Gasteiger partial charge in [-0.3, -0.25) is 18.5 Å². The number of aromatic nitrogens is 4. The first-order valence-corrected chi connectivity index (χ1v) is 9.97. The van der Waals surface area contributed by atoms with Gasteiger partial charge in [0.05, 0.1) is 12.6 Å². The van der Waals surface area contributed by atoms with E-state index in [0.29, 0.717) is 28.7 Å². The number of anilines is 1. The van der Waals surface area contributed by atoms with E-state index in [1.807, 2.05) is 61.5 Å². The second-order valence-corrected chi connectivity index (χ2v) is 7.67. The summed E-state index contributed by atoms with van der Waals surface area (Å²) in [6.07, 6.45) is 0. The molecule has 0 unspecified atom stereocenters. The van der Waals surface area contributed by atoms with E-state index in [1.165, 1.54) is 11.6 Å². The number of imidazole rings is 1. The summed E-state index contributed by atoms with van der Waals surface area (Å²) in [4.78, 5) is 30.0. The molecule has 4 aromatic rings. The van der Waals surface area contributed by atoms with Crippen LogP contribution < -0.4 is 16.6 Å². The van der Waals surface area contributed by atoms with Crippen molar-refractivity contribution in [2.75, 3.05) is 5.32 Å². The Hall–Kier alpha value is -3.32. The maximum atomic E-state index is 13.0. The van der Waals surface area contributed by atoms with Crippen LogP contribution in [0.2, 0.25) is 5.02 Å². The normalized spacial score (nSPS) is 12.3. The Morgan fingerprint density at radius 2 is 1.67 bits per heavy atom. The van der Waals surface area contributed by atoms with Crippen LogP contribution in [-0.2, 0) is 20.6 Å². The van der Waals surface area contributed by atoms with Crippen LogP contribution in [0.4, 0.5) is 5.95 Å². The van der Waals surface area contributed by atoms with Gasteiger partial charge in [-0.15, -0.1) is 0 Å². The molecular formula is C22H22ClN5O2. The van der Waals surface area contributed by atoms with Crippen molar-refractivity contribution in [1.29, 1.82) is 0 Å². The van der Waals surface area contributed by atoms with E-state index >= 15 is 0 Å². The molecule has 7 nitrogen and oxygen atoms in total. The van der Waals surface area contributed by atoms with Crippen molar-refractivity contribution in [3.63, 3.8) is 0 Å². The maximum Gasteiger partial charge on any atom is 0.332 e. The van der Waals surface area contributed by atoms with Crippen LogP contribution in [0.15, 0.2) is 64.2 Å². The molecule has 0 amide bonds. The summed E-state index contributed by atoms with van der Waals surface area (Å²) in [6.45, 7) is 2.36. The molecule has 154 valence electrons. The molecule has 0 bridgehead atoms. The Morgan fingerprint density at radius 1 is 1.00 bits per heavy atom. The fraction of sp³-hybridized carbons (Fsp3) is 0.227. The third-order valence-electron chi connectivity index (χ3n) is 5.28. The molecule has 0 radical (unpaired) electrons. The van der Waals surface area contributed by atoms with Gasteiger partial charge in [-0.25, -0.2) is 4.79 Å². The van der Waals surface area contributed by atoms with Crippen LogP contribution >= 0.6 is 11.6 Å². The lowest BCUT2D eigenvalue weighted by Crippen LogP contribution is -2.37. The molecule has 0 saturated carbocycles. The van der Waals surface area contributed by atoms with Gasteiger partial charge in [0, 0.05) is 19.1 Å². The van der Waals surface area contributed by atoms with E-state index in [4.69, 9.17) is 11.6 Å². The first kappa shape index (κ1) is 20.0. The van der Waals surface area contributed by atoms with Gasteiger partial charge in [0.15, 0.2) is 11.2 Å². The third-order valence-corrected chi connectivity index (χ3v) is 5.65. The number of rotatable bonds is 5. The number of halogens is 1. The molecule has 2 heterocycles. The van der Waals surface area contributed by atoms with Crippen molar-refractivity contribution in [3.05, 3.63) is 91.6 Å². The van der Waals surface area contributed by atoms with Crippen LogP contribution in [0.1, 0.15) is 24.1 Å². The van der Waals surface area contributed by atoms with E-state index in [-0.39, 0.29) is 6.04 Å². The molecule has 1 N–H and O–H groups in total. The quantitative estimate of drug-likeness (QED) is 0.534. The number of nitrogens with one attached hydrogen (secondary N) is 1. The van der Waals surface area contributed by atoms with E-state index in [2.05, 4.69) is 10.3 Å². The number of aryl methyl sites for hydroxylation is 1. The minimum Gasteiger partial charge on any atom is -0.349 e. The lowest BCUT2D eigenvalue weighted by molar-refractivity contribution is 0.702. The van der Waals surface area contributed by atoms with Crippen molar-refractivity contribution < 1.29 is 0 Å². The average Bonchev–Trinajstić information content (AvgIpc) is 3.11. The molecule has 4 rings (SSSR count). The van der Waals surface area contributed by atoms with Gasteiger partial charge in [-0.1, -0.05) is 60.1 Å². The van der Waals surface area contributed by atoms with Crippen molar-refractivity contribution in [2.45, 2.75) is 19.5 Å². The summed E-state index contributed by atoms with van der Waals surface area (Å²) in [7, 11) is 3.08. The summed E-state index contributed by atoms with van der Waals surface area (Å²) in [6, 6.07) is 17.4. The second-order valence-electron chi connectivity index (χ2n) is 7.27. The van der Waals surface area contributed by atoms with Crippen LogP contribution in [0.25, 0.3) is 11.2 Å². The Balaban J connectivity index is 1.91. The molecule has 8 heteroatoms. The van der Waals surface area contributed by atoms with Crippen LogP contribution in [0.5, 0.6) is 0 Å². The maximum absolute atomic E-state index is 13.0. The highest BCUT2D eigenvalue weighted by atomic mass is 35.5. The van der Waals surface area contributed by atoms with Gasteiger partial charge < -0.3 is 5.32 Å². The van der Waals surface area contributed by atoms with Gasteiger partial charge in [-0.2, -0.15) is 4.98 Å². The van der Waals surface area contributed by atoms with E-state index in [0.717, 1.165) is 15.7 Å². The second kappa shape index (κ2) is 7.84. The minimum atomic E-state index is -0.419. The molecule has 2 aromatic carbocycles. The topological polar surface area (TPSA) is 73.8 Å². The Bertz CT molecular complexity index is 1340. The van der Waals surface area contributed by atoms with Crippen molar-refractivity contribution in [1.82, 2.24) is 18.7 Å². The standard InChI is InChI=1S/C22H22ClN5O2/c1-14(15-9-5-4-6-10-15)24-21-25-19-18(20(29)27(3)22(30)26(19)2)28(21)13-16-11-7-8-12-17(16)23/h4-12,14H,13H2,1-3H3,(H,24,25)/t14-/m0/s1. The highest BCUT2D eigenvalue weighted by Crippen LogP contribution is 2.25.